The van der Waals surface area contributed by atoms with Gasteiger partial charge in [-0.2, -0.15) is 4.39 Å². The highest BCUT2D eigenvalue weighted by Crippen LogP contribution is 2.40. The molecule has 1 aliphatic rings. The predicted octanol–water partition coefficient (Wildman–Crippen LogP) is 2.12. The van der Waals surface area contributed by atoms with Crippen LogP contribution in [0.5, 0.6) is 0 Å². The highest BCUT2D eigenvalue weighted by atomic mass is 19.1. The Morgan fingerprint density at radius 2 is 2.07 bits per heavy atom. The molecule has 1 aromatic carbocycles. The van der Waals surface area contributed by atoms with Crippen molar-refractivity contribution in [2.45, 2.75) is 12.5 Å². The number of nitrogens with zero attached hydrogens (tertiary/aromatic N) is 1. The van der Waals surface area contributed by atoms with Crippen LogP contribution < -0.4 is 0 Å². The molecule has 0 aliphatic carbocycles. The molecule has 1 aromatic rings. The lowest BCUT2D eigenvalue weighted by molar-refractivity contribution is -0.387. The van der Waals surface area contributed by atoms with Crippen molar-refractivity contribution in [2.24, 2.45) is 0 Å². The molecular weight excluding hydrogens is 208 g/mol. The summed E-state index contributed by atoms with van der Waals surface area (Å²) in [6, 6.07) is 1.40. The molecule has 0 radical (unpaired) electrons. The van der Waals surface area contributed by atoms with Crippen LogP contribution in [0.1, 0.15) is 12.5 Å². The first-order valence-corrected chi connectivity index (χ1v) is 4.22. The van der Waals surface area contributed by atoms with Crippen LogP contribution in [0.4, 0.5) is 14.5 Å². The van der Waals surface area contributed by atoms with Crippen LogP contribution >= 0.6 is 0 Å². The Balaban J connectivity index is 2.53. The first-order valence-electron chi connectivity index (χ1n) is 4.22. The molecule has 1 aliphatic heterocycles. The third-order valence-corrected chi connectivity index (χ3v) is 2.38. The van der Waals surface area contributed by atoms with E-state index in [4.69, 9.17) is 4.74 Å². The Bertz CT molecular complexity index is 443. The minimum absolute atomic E-state index is 0.0191. The molecule has 1 atom stereocenters. The molecule has 0 amide bonds. The normalized spacial score (nSPS) is 23.9. The first kappa shape index (κ1) is 9.97. The summed E-state index contributed by atoms with van der Waals surface area (Å²) in [7, 11) is 0. The molecule has 0 spiro atoms. The van der Waals surface area contributed by atoms with Crippen molar-refractivity contribution in [3.8, 4) is 0 Å². The van der Waals surface area contributed by atoms with Gasteiger partial charge in [0.05, 0.1) is 17.6 Å². The number of hydrogen-bond donors (Lipinski definition) is 0. The van der Waals surface area contributed by atoms with E-state index in [0.29, 0.717) is 12.7 Å². The molecule has 0 bridgehead atoms. The zero-order valence-electron chi connectivity index (χ0n) is 7.79. The third kappa shape index (κ3) is 1.56. The van der Waals surface area contributed by atoms with Gasteiger partial charge in [0.1, 0.15) is 11.4 Å². The number of rotatable bonds is 2. The molecule has 1 saturated heterocycles. The van der Waals surface area contributed by atoms with Crippen LogP contribution in [0.2, 0.25) is 0 Å². The number of nitro benzene ring substituents is 1. The van der Waals surface area contributed by atoms with E-state index in [1.165, 1.54) is 0 Å². The number of epoxide rings is 1. The lowest BCUT2D eigenvalue weighted by atomic mass is 10.0. The van der Waals surface area contributed by atoms with Crippen LogP contribution in [0.25, 0.3) is 0 Å². The van der Waals surface area contributed by atoms with Gasteiger partial charge < -0.3 is 4.74 Å². The fraction of sp³-hybridized carbons (Fsp3) is 0.333. The summed E-state index contributed by atoms with van der Waals surface area (Å²) in [4.78, 5) is 9.36. The van der Waals surface area contributed by atoms with E-state index in [9.17, 15) is 18.9 Å². The van der Waals surface area contributed by atoms with Crippen molar-refractivity contribution in [2.75, 3.05) is 6.61 Å². The Labute approximate surface area is 83.6 Å². The average molecular weight is 215 g/mol. The lowest BCUT2D eigenvalue weighted by Crippen LogP contribution is -2.07. The third-order valence-electron chi connectivity index (χ3n) is 2.38. The molecule has 4 nitrogen and oxygen atoms in total. The van der Waals surface area contributed by atoms with Gasteiger partial charge in [-0.1, -0.05) is 0 Å². The highest BCUT2D eigenvalue weighted by Gasteiger charge is 2.44. The molecule has 80 valence electrons. The fourth-order valence-electron chi connectivity index (χ4n) is 1.35. The molecular formula is C9H7F2NO3. The van der Waals surface area contributed by atoms with Crippen LogP contribution in [0.3, 0.4) is 0 Å². The zero-order valence-corrected chi connectivity index (χ0v) is 7.79. The van der Waals surface area contributed by atoms with Crippen molar-refractivity contribution in [1.82, 2.24) is 0 Å². The Morgan fingerprint density at radius 1 is 1.47 bits per heavy atom. The SMILES string of the molecule is CC1(c2cc(F)c([N+](=O)[O-])cc2F)CO1. The van der Waals surface area contributed by atoms with Gasteiger partial charge in [0.15, 0.2) is 0 Å². The molecule has 2 rings (SSSR count). The smallest absolute Gasteiger partial charge is 0.307 e. The topological polar surface area (TPSA) is 55.7 Å². The second-order valence-electron chi connectivity index (χ2n) is 3.56. The molecule has 1 fully saturated rings. The largest absolute Gasteiger partial charge is 0.365 e. The summed E-state index contributed by atoms with van der Waals surface area (Å²) in [5.74, 6) is -1.86. The quantitative estimate of drug-likeness (QED) is 0.431. The van der Waals surface area contributed by atoms with Crippen LogP contribution in [-0.2, 0) is 10.3 Å². The standard InChI is InChI=1S/C9H7F2NO3/c1-9(4-15-9)5-2-7(11)8(12(13)14)3-6(5)10/h2-3H,4H2,1H3. The number of ether oxygens (including phenoxy) is 1. The zero-order chi connectivity index (χ0) is 11.2. The molecule has 6 heteroatoms. The first-order chi connectivity index (χ1) is 6.94. The van der Waals surface area contributed by atoms with Crippen LogP contribution in [0.15, 0.2) is 12.1 Å². The highest BCUT2D eigenvalue weighted by molar-refractivity contribution is 5.39. The van der Waals surface area contributed by atoms with Gasteiger partial charge in [0.25, 0.3) is 0 Å². The summed E-state index contributed by atoms with van der Waals surface area (Å²) < 4.78 is 31.5. The molecule has 1 heterocycles. The minimum atomic E-state index is -1.05. The van der Waals surface area contributed by atoms with Gasteiger partial charge in [-0.05, 0) is 13.0 Å². The Morgan fingerprint density at radius 3 is 2.53 bits per heavy atom. The predicted molar refractivity (Wildman–Crippen MR) is 46.3 cm³/mol. The van der Waals surface area contributed by atoms with E-state index in [1.54, 1.807) is 6.92 Å². The van der Waals surface area contributed by atoms with Crippen molar-refractivity contribution >= 4 is 5.69 Å². The average Bonchev–Trinajstić information content (AvgIpc) is 2.88. The second kappa shape index (κ2) is 2.96. The van der Waals surface area contributed by atoms with Gasteiger partial charge >= 0.3 is 5.69 Å². The Hall–Kier alpha value is -1.56. The van der Waals surface area contributed by atoms with Crippen molar-refractivity contribution < 1.29 is 18.4 Å². The van der Waals surface area contributed by atoms with Gasteiger partial charge in [-0.15, -0.1) is 0 Å². The van der Waals surface area contributed by atoms with E-state index in [2.05, 4.69) is 0 Å². The maximum absolute atomic E-state index is 13.4. The number of nitro groups is 1. The maximum Gasteiger partial charge on any atom is 0.307 e. The van der Waals surface area contributed by atoms with E-state index < -0.39 is 27.8 Å². The summed E-state index contributed by atoms with van der Waals surface area (Å²) in [6.45, 7) is 1.89. The Kier molecular flexibility index (Phi) is 1.97. The van der Waals surface area contributed by atoms with Gasteiger partial charge in [-0.3, -0.25) is 10.1 Å². The summed E-state index contributed by atoms with van der Waals surface area (Å²) >= 11 is 0. The van der Waals surface area contributed by atoms with Gasteiger partial charge in [0, 0.05) is 5.56 Å². The van der Waals surface area contributed by atoms with Gasteiger partial charge in [-0.25, -0.2) is 4.39 Å². The fourth-order valence-corrected chi connectivity index (χ4v) is 1.35. The summed E-state index contributed by atoms with van der Waals surface area (Å²) in [5, 5.41) is 10.3. The number of hydrogen-bond acceptors (Lipinski definition) is 3. The van der Waals surface area contributed by atoms with E-state index in [1.807, 2.05) is 0 Å². The van der Waals surface area contributed by atoms with E-state index in [-0.39, 0.29) is 5.56 Å². The summed E-state index contributed by atoms with van der Waals surface area (Å²) in [5.41, 5.74) is -1.67. The van der Waals surface area contributed by atoms with Crippen molar-refractivity contribution in [1.29, 1.82) is 0 Å². The number of benzene rings is 1. The van der Waals surface area contributed by atoms with E-state index in [0.717, 1.165) is 6.07 Å². The minimum Gasteiger partial charge on any atom is -0.365 e. The van der Waals surface area contributed by atoms with Crippen LogP contribution in [0, 0.1) is 21.7 Å². The van der Waals surface area contributed by atoms with Gasteiger partial charge in [0.2, 0.25) is 5.82 Å². The maximum atomic E-state index is 13.4. The molecule has 15 heavy (non-hydrogen) atoms. The molecule has 0 N–H and O–H groups in total. The number of halogens is 2. The van der Waals surface area contributed by atoms with Crippen molar-refractivity contribution in [3.63, 3.8) is 0 Å². The van der Waals surface area contributed by atoms with Crippen LogP contribution in [-0.4, -0.2) is 11.5 Å². The molecule has 1 unspecified atom stereocenters. The molecule has 0 aromatic heterocycles. The monoisotopic (exact) mass is 215 g/mol. The van der Waals surface area contributed by atoms with Crippen molar-refractivity contribution in [3.05, 3.63) is 39.4 Å². The molecule has 0 saturated carbocycles. The lowest BCUT2D eigenvalue weighted by Gasteiger charge is -2.06. The second-order valence-corrected chi connectivity index (χ2v) is 3.56. The summed E-state index contributed by atoms with van der Waals surface area (Å²) in [6.07, 6.45) is 0. The van der Waals surface area contributed by atoms with E-state index >= 15 is 0 Å².